The molecule has 16 heavy (non-hydrogen) atoms. The van der Waals surface area contributed by atoms with Gasteiger partial charge in [0.2, 0.25) is 11.3 Å². The molecule has 0 aliphatic rings. The molecule has 2 N–H and O–H groups in total. The number of benzene rings is 2. The van der Waals surface area contributed by atoms with E-state index in [0.29, 0.717) is 6.54 Å². The molecule has 0 fully saturated rings. The Kier molecular flexibility index (Phi) is 3.66. The zero-order valence-corrected chi connectivity index (χ0v) is 9.54. The monoisotopic (exact) mass is 235 g/mol. The van der Waals surface area contributed by atoms with Gasteiger partial charge in [-0.1, -0.05) is 42.5 Å². The maximum Gasteiger partial charge on any atom is 0.231 e. The normalized spacial score (nSPS) is 12.8. The van der Waals surface area contributed by atoms with Gasteiger partial charge in [0.1, 0.15) is 0 Å². The van der Waals surface area contributed by atoms with Crippen molar-refractivity contribution >= 4 is 22.0 Å². The molecule has 0 aliphatic heterocycles. The second-order valence-corrected chi connectivity index (χ2v) is 4.32. The molecule has 0 amide bonds. The number of nitrogens with one attached hydrogen (secondary N) is 1. The quantitative estimate of drug-likeness (QED) is 0.797. The summed E-state index contributed by atoms with van der Waals surface area (Å²) in [6.45, 7) is 0.497. The fourth-order valence-corrected chi connectivity index (χ4v) is 2.06. The molecule has 0 saturated heterocycles. The highest BCUT2D eigenvalue weighted by atomic mass is 32.2. The third kappa shape index (κ3) is 2.66. The summed E-state index contributed by atoms with van der Waals surface area (Å²) >= 11 is -1.92. The van der Waals surface area contributed by atoms with E-state index >= 15 is 0 Å². The van der Waals surface area contributed by atoms with E-state index in [4.69, 9.17) is 4.55 Å². The van der Waals surface area contributed by atoms with Gasteiger partial charge in [0.15, 0.2) is 0 Å². The SMILES string of the molecule is O=S(O)NCCc1cccc2ccccc12. The largest absolute Gasteiger partial charge is 0.294 e. The fraction of sp³-hybridized carbons (Fsp3) is 0.167. The Morgan fingerprint density at radius 1 is 1.12 bits per heavy atom. The Balaban J connectivity index is 2.20. The van der Waals surface area contributed by atoms with Gasteiger partial charge in [0.05, 0.1) is 0 Å². The van der Waals surface area contributed by atoms with Crippen molar-refractivity contribution in [3.05, 3.63) is 48.0 Å². The average Bonchev–Trinajstić information content (AvgIpc) is 2.29. The van der Waals surface area contributed by atoms with Crippen LogP contribution >= 0.6 is 0 Å². The molecular formula is C12H13NO2S. The van der Waals surface area contributed by atoms with Crippen LogP contribution in [0.1, 0.15) is 5.56 Å². The van der Waals surface area contributed by atoms with Gasteiger partial charge in [-0.2, -0.15) is 0 Å². The van der Waals surface area contributed by atoms with Gasteiger partial charge in [-0.3, -0.25) is 4.55 Å². The zero-order chi connectivity index (χ0) is 11.4. The van der Waals surface area contributed by atoms with Crippen LogP contribution in [0.4, 0.5) is 0 Å². The summed E-state index contributed by atoms with van der Waals surface area (Å²) in [5, 5.41) is 2.40. The Bertz CT molecular complexity index is 508. The van der Waals surface area contributed by atoms with Crippen LogP contribution in [0, 0.1) is 0 Å². The third-order valence-electron chi connectivity index (χ3n) is 2.50. The van der Waals surface area contributed by atoms with E-state index in [0.717, 1.165) is 6.42 Å². The molecule has 0 radical (unpaired) electrons. The van der Waals surface area contributed by atoms with Gasteiger partial charge in [-0.05, 0) is 22.8 Å². The maximum absolute atomic E-state index is 10.5. The van der Waals surface area contributed by atoms with Crippen LogP contribution in [0.15, 0.2) is 42.5 Å². The standard InChI is InChI=1S/C12H13NO2S/c14-16(15)13-9-8-11-6-3-5-10-4-1-2-7-12(10)11/h1-7,13H,8-9H2,(H,14,15). The van der Waals surface area contributed by atoms with Crippen molar-refractivity contribution in [1.82, 2.24) is 4.72 Å². The summed E-state index contributed by atoms with van der Waals surface area (Å²) in [6.07, 6.45) is 0.744. The summed E-state index contributed by atoms with van der Waals surface area (Å²) in [5.74, 6) is 0. The molecule has 1 atom stereocenters. The van der Waals surface area contributed by atoms with Crippen LogP contribution in [-0.4, -0.2) is 15.3 Å². The van der Waals surface area contributed by atoms with Crippen molar-refractivity contribution in [1.29, 1.82) is 0 Å². The van der Waals surface area contributed by atoms with Crippen molar-refractivity contribution in [3.8, 4) is 0 Å². The lowest BCUT2D eigenvalue weighted by atomic mass is 10.0. The molecule has 1 unspecified atom stereocenters. The second kappa shape index (κ2) is 5.21. The van der Waals surface area contributed by atoms with Gasteiger partial charge in [0, 0.05) is 6.54 Å². The third-order valence-corrected chi connectivity index (χ3v) is 2.95. The van der Waals surface area contributed by atoms with E-state index in [1.54, 1.807) is 0 Å². The van der Waals surface area contributed by atoms with E-state index in [1.807, 2.05) is 24.3 Å². The van der Waals surface area contributed by atoms with Crippen LogP contribution in [-0.2, 0) is 17.7 Å². The van der Waals surface area contributed by atoms with E-state index in [9.17, 15) is 4.21 Å². The first-order chi connectivity index (χ1) is 7.77. The minimum atomic E-state index is -1.92. The van der Waals surface area contributed by atoms with Gasteiger partial charge in [-0.15, -0.1) is 0 Å². The lowest BCUT2D eigenvalue weighted by Crippen LogP contribution is -2.19. The highest BCUT2D eigenvalue weighted by molar-refractivity contribution is 7.77. The van der Waals surface area contributed by atoms with Crippen molar-refractivity contribution < 1.29 is 8.76 Å². The molecule has 2 rings (SSSR count). The summed E-state index contributed by atoms with van der Waals surface area (Å²) in [7, 11) is 0. The van der Waals surface area contributed by atoms with Crippen LogP contribution in [0.25, 0.3) is 10.8 Å². The van der Waals surface area contributed by atoms with E-state index in [2.05, 4.69) is 22.9 Å². The summed E-state index contributed by atoms with van der Waals surface area (Å²) in [5.41, 5.74) is 1.19. The molecular weight excluding hydrogens is 222 g/mol. The first-order valence-electron chi connectivity index (χ1n) is 5.08. The number of fused-ring (bicyclic) bond motifs is 1. The summed E-state index contributed by atoms with van der Waals surface area (Å²) in [6, 6.07) is 14.3. The number of hydrogen-bond donors (Lipinski definition) is 2. The van der Waals surface area contributed by atoms with Gasteiger partial charge < -0.3 is 0 Å². The van der Waals surface area contributed by atoms with E-state index in [1.165, 1.54) is 16.3 Å². The highest BCUT2D eigenvalue weighted by Crippen LogP contribution is 2.18. The number of rotatable bonds is 4. The molecule has 0 bridgehead atoms. The highest BCUT2D eigenvalue weighted by Gasteiger charge is 2.00. The first-order valence-corrected chi connectivity index (χ1v) is 6.19. The molecule has 0 spiro atoms. The minimum absolute atomic E-state index is 0.497. The van der Waals surface area contributed by atoms with E-state index < -0.39 is 11.3 Å². The van der Waals surface area contributed by atoms with Crippen LogP contribution in [0.3, 0.4) is 0 Å². The van der Waals surface area contributed by atoms with Crippen LogP contribution in [0.5, 0.6) is 0 Å². The number of hydrogen-bond acceptors (Lipinski definition) is 1. The Hall–Kier alpha value is -1.23. The lowest BCUT2D eigenvalue weighted by molar-refractivity contribution is 0.549. The Morgan fingerprint density at radius 2 is 1.88 bits per heavy atom. The minimum Gasteiger partial charge on any atom is -0.294 e. The van der Waals surface area contributed by atoms with Gasteiger partial charge in [0.25, 0.3) is 0 Å². The molecule has 0 aromatic heterocycles. The Labute approximate surface area is 96.9 Å². The summed E-state index contributed by atoms with van der Waals surface area (Å²) < 4.78 is 21.5. The van der Waals surface area contributed by atoms with Crippen molar-refractivity contribution in [2.24, 2.45) is 0 Å². The molecule has 0 saturated carbocycles. The van der Waals surface area contributed by atoms with Crippen molar-refractivity contribution in [3.63, 3.8) is 0 Å². The predicted molar refractivity (Wildman–Crippen MR) is 66.4 cm³/mol. The Morgan fingerprint density at radius 3 is 2.69 bits per heavy atom. The first kappa shape index (κ1) is 11.3. The second-order valence-electron chi connectivity index (χ2n) is 3.53. The van der Waals surface area contributed by atoms with Crippen molar-refractivity contribution in [2.45, 2.75) is 6.42 Å². The molecule has 4 heteroatoms. The molecule has 2 aromatic carbocycles. The maximum atomic E-state index is 10.5. The van der Waals surface area contributed by atoms with E-state index in [-0.39, 0.29) is 0 Å². The molecule has 0 aliphatic carbocycles. The van der Waals surface area contributed by atoms with Gasteiger partial charge in [-0.25, -0.2) is 8.93 Å². The molecule has 0 heterocycles. The zero-order valence-electron chi connectivity index (χ0n) is 8.72. The van der Waals surface area contributed by atoms with Crippen LogP contribution in [0.2, 0.25) is 0 Å². The molecule has 2 aromatic rings. The van der Waals surface area contributed by atoms with Crippen molar-refractivity contribution in [2.75, 3.05) is 6.54 Å². The predicted octanol–water partition coefficient (Wildman–Crippen LogP) is 2.11. The lowest BCUT2D eigenvalue weighted by Gasteiger charge is -2.05. The molecule has 3 nitrogen and oxygen atoms in total. The fourth-order valence-electron chi connectivity index (χ4n) is 1.78. The molecule has 84 valence electrons. The summed E-state index contributed by atoms with van der Waals surface area (Å²) in [4.78, 5) is 0. The topological polar surface area (TPSA) is 49.3 Å². The smallest absolute Gasteiger partial charge is 0.231 e. The average molecular weight is 235 g/mol. The van der Waals surface area contributed by atoms with Gasteiger partial charge >= 0.3 is 0 Å². The van der Waals surface area contributed by atoms with Crippen LogP contribution < -0.4 is 4.72 Å².